The predicted molar refractivity (Wildman–Crippen MR) is 84.3 cm³/mol. The standard InChI is InChI=1S/C17H29NO2/c1-6-17(19,7-2)12-20-16-10-9-13(4)11-15(16)14(5)18-8-3/h9-11,14,18-19H,6-8,12H2,1-5H3. The smallest absolute Gasteiger partial charge is 0.124 e. The van der Waals surface area contributed by atoms with Crippen molar-refractivity contribution in [1.82, 2.24) is 5.32 Å². The Bertz CT molecular complexity index is 413. The van der Waals surface area contributed by atoms with Gasteiger partial charge >= 0.3 is 0 Å². The number of nitrogens with one attached hydrogen (secondary N) is 1. The molecule has 0 aliphatic carbocycles. The molecule has 3 heteroatoms. The van der Waals surface area contributed by atoms with Crippen molar-refractivity contribution in [1.29, 1.82) is 0 Å². The molecular weight excluding hydrogens is 250 g/mol. The average molecular weight is 279 g/mol. The van der Waals surface area contributed by atoms with E-state index >= 15 is 0 Å². The first-order valence-electron chi connectivity index (χ1n) is 7.64. The molecule has 1 aromatic rings. The van der Waals surface area contributed by atoms with Crippen LogP contribution >= 0.6 is 0 Å². The third kappa shape index (κ3) is 4.50. The lowest BCUT2D eigenvalue weighted by atomic mass is 9.98. The van der Waals surface area contributed by atoms with Gasteiger partial charge in [-0.15, -0.1) is 0 Å². The third-order valence-corrected chi connectivity index (χ3v) is 3.95. The summed E-state index contributed by atoms with van der Waals surface area (Å²) in [7, 11) is 0. The molecule has 3 nitrogen and oxygen atoms in total. The van der Waals surface area contributed by atoms with E-state index in [1.165, 1.54) is 5.56 Å². The first kappa shape index (κ1) is 17.0. The van der Waals surface area contributed by atoms with Gasteiger partial charge in [-0.1, -0.05) is 38.5 Å². The highest BCUT2D eigenvalue weighted by atomic mass is 16.5. The Morgan fingerprint density at radius 1 is 1.25 bits per heavy atom. The first-order chi connectivity index (χ1) is 9.45. The van der Waals surface area contributed by atoms with E-state index in [0.29, 0.717) is 19.4 Å². The van der Waals surface area contributed by atoms with E-state index in [2.05, 4.69) is 38.2 Å². The van der Waals surface area contributed by atoms with Crippen LogP contribution in [0.15, 0.2) is 18.2 Å². The number of rotatable bonds is 8. The summed E-state index contributed by atoms with van der Waals surface area (Å²) >= 11 is 0. The van der Waals surface area contributed by atoms with Gasteiger partial charge < -0.3 is 15.2 Å². The number of aryl methyl sites for hydroxylation is 1. The minimum Gasteiger partial charge on any atom is -0.490 e. The van der Waals surface area contributed by atoms with E-state index < -0.39 is 5.60 Å². The maximum absolute atomic E-state index is 10.3. The van der Waals surface area contributed by atoms with Gasteiger partial charge in [0.1, 0.15) is 12.4 Å². The van der Waals surface area contributed by atoms with Gasteiger partial charge in [0.2, 0.25) is 0 Å². The third-order valence-electron chi connectivity index (χ3n) is 3.95. The van der Waals surface area contributed by atoms with Gasteiger partial charge in [0.15, 0.2) is 0 Å². The quantitative estimate of drug-likeness (QED) is 0.764. The minimum absolute atomic E-state index is 0.242. The maximum atomic E-state index is 10.3. The maximum Gasteiger partial charge on any atom is 0.124 e. The van der Waals surface area contributed by atoms with Crippen LogP contribution in [-0.4, -0.2) is 23.9 Å². The average Bonchev–Trinajstić information content (AvgIpc) is 2.45. The molecule has 0 amide bonds. The second-order valence-electron chi connectivity index (χ2n) is 5.54. The highest BCUT2D eigenvalue weighted by Gasteiger charge is 2.24. The lowest BCUT2D eigenvalue weighted by molar-refractivity contribution is -0.0117. The van der Waals surface area contributed by atoms with Crippen LogP contribution < -0.4 is 10.1 Å². The number of hydrogen-bond donors (Lipinski definition) is 2. The number of hydrogen-bond acceptors (Lipinski definition) is 3. The van der Waals surface area contributed by atoms with E-state index in [4.69, 9.17) is 4.74 Å². The van der Waals surface area contributed by atoms with Crippen molar-refractivity contribution in [3.63, 3.8) is 0 Å². The largest absolute Gasteiger partial charge is 0.490 e. The van der Waals surface area contributed by atoms with Gasteiger partial charge in [0.05, 0.1) is 5.60 Å². The number of ether oxygens (including phenoxy) is 1. The van der Waals surface area contributed by atoms with Gasteiger partial charge in [0.25, 0.3) is 0 Å². The summed E-state index contributed by atoms with van der Waals surface area (Å²) in [4.78, 5) is 0. The molecule has 20 heavy (non-hydrogen) atoms. The van der Waals surface area contributed by atoms with Crippen molar-refractivity contribution in [2.45, 2.75) is 59.1 Å². The summed E-state index contributed by atoms with van der Waals surface area (Å²) in [6.45, 7) is 11.6. The number of benzene rings is 1. The van der Waals surface area contributed by atoms with Gasteiger partial charge in [-0.3, -0.25) is 0 Å². The zero-order valence-corrected chi connectivity index (χ0v) is 13.5. The van der Waals surface area contributed by atoms with Crippen LogP contribution in [0.25, 0.3) is 0 Å². The number of aliphatic hydroxyl groups is 1. The lowest BCUT2D eigenvalue weighted by Crippen LogP contribution is -2.34. The zero-order valence-electron chi connectivity index (χ0n) is 13.5. The Morgan fingerprint density at radius 2 is 1.90 bits per heavy atom. The highest BCUT2D eigenvalue weighted by molar-refractivity contribution is 5.39. The SMILES string of the molecule is CCNC(C)c1cc(C)ccc1OCC(O)(CC)CC. The molecule has 0 bridgehead atoms. The van der Waals surface area contributed by atoms with Crippen LogP contribution in [0.3, 0.4) is 0 Å². The minimum atomic E-state index is -0.733. The summed E-state index contributed by atoms with van der Waals surface area (Å²) in [5.74, 6) is 0.865. The Kier molecular flexibility index (Phi) is 6.50. The Labute approximate surface area is 123 Å². The molecule has 0 aromatic heterocycles. The second-order valence-corrected chi connectivity index (χ2v) is 5.54. The van der Waals surface area contributed by atoms with Gasteiger partial charge in [0, 0.05) is 11.6 Å². The summed E-state index contributed by atoms with van der Waals surface area (Å²) < 4.78 is 5.92. The van der Waals surface area contributed by atoms with Crippen LogP contribution in [0.5, 0.6) is 5.75 Å². The molecule has 0 saturated carbocycles. The molecule has 0 saturated heterocycles. The molecule has 0 aliphatic heterocycles. The second kappa shape index (κ2) is 7.65. The van der Waals surface area contributed by atoms with Gasteiger partial charge in [-0.05, 0) is 39.3 Å². The van der Waals surface area contributed by atoms with Crippen molar-refractivity contribution in [3.05, 3.63) is 29.3 Å². The fraction of sp³-hybridized carbons (Fsp3) is 0.647. The molecule has 0 heterocycles. The Hall–Kier alpha value is -1.06. The van der Waals surface area contributed by atoms with Crippen molar-refractivity contribution in [2.75, 3.05) is 13.2 Å². The van der Waals surface area contributed by atoms with Gasteiger partial charge in [-0.25, -0.2) is 0 Å². The van der Waals surface area contributed by atoms with E-state index in [9.17, 15) is 5.11 Å². The molecule has 0 aliphatic rings. The van der Waals surface area contributed by atoms with Crippen LogP contribution in [0.4, 0.5) is 0 Å². The predicted octanol–water partition coefficient (Wildman–Crippen LogP) is 3.60. The monoisotopic (exact) mass is 279 g/mol. The van der Waals surface area contributed by atoms with Crippen LogP contribution in [0.2, 0.25) is 0 Å². The molecule has 1 rings (SSSR count). The summed E-state index contributed by atoms with van der Waals surface area (Å²) in [6.07, 6.45) is 1.40. The molecule has 1 atom stereocenters. The van der Waals surface area contributed by atoms with E-state index in [0.717, 1.165) is 17.9 Å². The molecule has 2 N–H and O–H groups in total. The Morgan fingerprint density at radius 3 is 2.45 bits per heavy atom. The van der Waals surface area contributed by atoms with Gasteiger partial charge in [-0.2, -0.15) is 0 Å². The normalized spacial score (nSPS) is 13.3. The molecular formula is C17H29NO2. The molecule has 114 valence electrons. The van der Waals surface area contributed by atoms with Crippen molar-refractivity contribution in [3.8, 4) is 5.75 Å². The fourth-order valence-electron chi connectivity index (χ4n) is 2.22. The molecule has 0 fully saturated rings. The summed E-state index contributed by atoms with van der Waals surface area (Å²) in [5.41, 5.74) is 1.64. The van der Waals surface area contributed by atoms with Crippen molar-refractivity contribution < 1.29 is 9.84 Å². The fourth-order valence-corrected chi connectivity index (χ4v) is 2.22. The topological polar surface area (TPSA) is 41.5 Å². The summed E-state index contributed by atoms with van der Waals surface area (Å²) in [5, 5.41) is 13.7. The summed E-state index contributed by atoms with van der Waals surface area (Å²) in [6, 6.07) is 6.45. The van der Waals surface area contributed by atoms with Crippen LogP contribution in [0, 0.1) is 6.92 Å². The lowest BCUT2D eigenvalue weighted by Gasteiger charge is -2.26. The first-order valence-corrected chi connectivity index (χ1v) is 7.64. The molecule has 0 radical (unpaired) electrons. The molecule has 0 spiro atoms. The molecule has 1 aromatic carbocycles. The van der Waals surface area contributed by atoms with E-state index in [1.807, 2.05) is 19.9 Å². The van der Waals surface area contributed by atoms with Crippen molar-refractivity contribution in [2.24, 2.45) is 0 Å². The van der Waals surface area contributed by atoms with E-state index in [-0.39, 0.29) is 6.04 Å². The highest BCUT2D eigenvalue weighted by Crippen LogP contribution is 2.28. The Balaban J connectivity index is 2.89. The molecule has 1 unspecified atom stereocenters. The van der Waals surface area contributed by atoms with Crippen LogP contribution in [0.1, 0.15) is 57.7 Å². The van der Waals surface area contributed by atoms with Crippen molar-refractivity contribution >= 4 is 0 Å². The zero-order chi connectivity index (χ0) is 15.2. The van der Waals surface area contributed by atoms with Crippen LogP contribution in [-0.2, 0) is 0 Å². The van der Waals surface area contributed by atoms with E-state index in [1.54, 1.807) is 0 Å².